The largest absolute Gasteiger partial charge is 0.462 e. The fraction of sp³-hybridized carbons (Fsp3) is 0.786. The van der Waals surface area contributed by atoms with Crippen molar-refractivity contribution in [1.29, 1.82) is 0 Å². The van der Waals surface area contributed by atoms with Crippen molar-refractivity contribution in [3.05, 3.63) is 12.2 Å². The molecule has 0 aromatic rings. The van der Waals surface area contributed by atoms with Crippen LogP contribution in [0.2, 0.25) is 0 Å². The third-order valence-corrected chi connectivity index (χ3v) is 3.11. The Labute approximate surface area is 105 Å². The number of rotatable bonds is 9. The summed E-state index contributed by atoms with van der Waals surface area (Å²) < 4.78 is 5.19. The summed E-state index contributed by atoms with van der Waals surface area (Å²) in [4.78, 5) is 11.4. The summed E-state index contributed by atoms with van der Waals surface area (Å²) in [5, 5.41) is 8.94. The van der Waals surface area contributed by atoms with E-state index in [2.05, 4.69) is 6.92 Å². The van der Waals surface area contributed by atoms with E-state index in [4.69, 9.17) is 9.84 Å². The number of hydrogen-bond donors (Lipinski definition) is 1. The number of esters is 1. The molecule has 0 radical (unpaired) electrons. The summed E-state index contributed by atoms with van der Waals surface area (Å²) in [7, 11) is 0. The number of aliphatic hydroxyl groups excluding tert-OH is 1. The molecule has 0 rings (SSSR count). The lowest BCUT2D eigenvalue weighted by Gasteiger charge is -2.26. The average molecular weight is 242 g/mol. The van der Waals surface area contributed by atoms with E-state index in [1.54, 1.807) is 0 Å². The Hall–Kier alpha value is -0.830. The highest BCUT2D eigenvalue weighted by Gasteiger charge is 2.23. The lowest BCUT2D eigenvalue weighted by atomic mass is 9.85. The maximum atomic E-state index is 11.4. The van der Waals surface area contributed by atoms with Crippen molar-refractivity contribution >= 4 is 5.97 Å². The zero-order valence-electron chi connectivity index (χ0n) is 11.4. The Balaban J connectivity index is 3.92. The molecule has 0 aromatic carbocycles. The monoisotopic (exact) mass is 242 g/mol. The van der Waals surface area contributed by atoms with Crippen LogP contribution in [0.5, 0.6) is 0 Å². The molecule has 0 heterocycles. The van der Waals surface area contributed by atoms with E-state index in [1.165, 1.54) is 6.08 Å². The van der Waals surface area contributed by atoms with E-state index in [-0.39, 0.29) is 18.0 Å². The molecule has 0 aromatic heterocycles. The fourth-order valence-corrected chi connectivity index (χ4v) is 1.42. The van der Waals surface area contributed by atoms with Gasteiger partial charge in [0, 0.05) is 18.1 Å². The smallest absolute Gasteiger partial charge is 0.330 e. The summed E-state index contributed by atoms with van der Waals surface area (Å²) in [5.41, 5.74) is -0.109. The predicted molar refractivity (Wildman–Crippen MR) is 69.7 cm³/mol. The van der Waals surface area contributed by atoms with Crippen LogP contribution in [0.4, 0.5) is 0 Å². The third kappa shape index (κ3) is 7.97. The molecule has 1 atom stereocenters. The van der Waals surface area contributed by atoms with Gasteiger partial charge in [-0.1, -0.05) is 39.7 Å². The Morgan fingerprint density at radius 2 is 2.12 bits per heavy atom. The summed E-state index contributed by atoms with van der Waals surface area (Å²) in [5.74, 6) is -0.279. The minimum absolute atomic E-state index is 0.109. The Morgan fingerprint density at radius 3 is 2.65 bits per heavy atom. The second-order valence-corrected chi connectivity index (χ2v) is 4.79. The fourth-order valence-electron chi connectivity index (χ4n) is 1.42. The van der Waals surface area contributed by atoms with Gasteiger partial charge in [-0.2, -0.15) is 0 Å². The normalized spacial score (nSPS) is 14.8. The standard InChI is InChI=1S/C14H26O3/c1-4-6-7-8-9-13(16)17-12-14(3,5-2)10-11-15/h8-9,15H,4-7,10-12H2,1-3H3/b9-8+. The topological polar surface area (TPSA) is 46.5 Å². The number of carbonyl (C=O) groups excluding carboxylic acids is 1. The van der Waals surface area contributed by atoms with Crippen molar-refractivity contribution in [2.45, 2.75) is 52.9 Å². The molecular formula is C14H26O3. The van der Waals surface area contributed by atoms with Gasteiger partial charge in [0.25, 0.3) is 0 Å². The first-order valence-electron chi connectivity index (χ1n) is 6.52. The zero-order chi connectivity index (χ0) is 13.1. The van der Waals surface area contributed by atoms with Gasteiger partial charge in [-0.05, 0) is 19.3 Å². The first kappa shape index (κ1) is 16.2. The molecule has 0 bridgehead atoms. The van der Waals surface area contributed by atoms with Gasteiger partial charge in [0.1, 0.15) is 0 Å². The molecule has 0 aliphatic rings. The predicted octanol–water partition coefficient (Wildman–Crippen LogP) is 3.07. The van der Waals surface area contributed by atoms with E-state index in [9.17, 15) is 4.79 Å². The molecule has 0 spiro atoms. The van der Waals surface area contributed by atoms with Crippen LogP contribution >= 0.6 is 0 Å². The number of ether oxygens (including phenoxy) is 1. The van der Waals surface area contributed by atoms with Gasteiger partial charge in [-0.25, -0.2) is 4.79 Å². The molecule has 100 valence electrons. The van der Waals surface area contributed by atoms with Crippen LogP contribution in [-0.2, 0) is 9.53 Å². The molecule has 0 aliphatic heterocycles. The molecule has 3 nitrogen and oxygen atoms in total. The molecule has 3 heteroatoms. The molecule has 1 N–H and O–H groups in total. The Kier molecular flexibility index (Phi) is 8.78. The number of allylic oxidation sites excluding steroid dienone is 1. The van der Waals surface area contributed by atoms with Crippen LogP contribution in [0.3, 0.4) is 0 Å². The molecule has 0 saturated carbocycles. The molecule has 0 fully saturated rings. The quantitative estimate of drug-likeness (QED) is 0.384. The van der Waals surface area contributed by atoms with E-state index >= 15 is 0 Å². The number of aliphatic hydroxyl groups is 1. The van der Waals surface area contributed by atoms with Crippen molar-refractivity contribution in [2.24, 2.45) is 5.41 Å². The van der Waals surface area contributed by atoms with Crippen LogP contribution in [0.25, 0.3) is 0 Å². The number of carbonyl (C=O) groups is 1. The van der Waals surface area contributed by atoms with E-state index in [0.717, 1.165) is 25.7 Å². The summed E-state index contributed by atoms with van der Waals surface area (Å²) in [6, 6.07) is 0. The van der Waals surface area contributed by atoms with Gasteiger partial charge < -0.3 is 9.84 Å². The van der Waals surface area contributed by atoms with Crippen LogP contribution in [0, 0.1) is 5.41 Å². The van der Waals surface area contributed by atoms with Crippen molar-refractivity contribution < 1.29 is 14.6 Å². The number of hydrogen-bond acceptors (Lipinski definition) is 3. The van der Waals surface area contributed by atoms with Crippen LogP contribution in [-0.4, -0.2) is 24.3 Å². The van der Waals surface area contributed by atoms with Crippen molar-refractivity contribution in [3.63, 3.8) is 0 Å². The summed E-state index contributed by atoms with van der Waals surface area (Å²) in [6.45, 7) is 6.70. The lowest BCUT2D eigenvalue weighted by Crippen LogP contribution is -2.25. The zero-order valence-corrected chi connectivity index (χ0v) is 11.4. The van der Waals surface area contributed by atoms with Crippen molar-refractivity contribution in [1.82, 2.24) is 0 Å². The maximum absolute atomic E-state index is 11.4. The minimum atomic E-state index is -0.279. The second kappa shape index (κ2) is 9.23. The average Bonchev–Trinajstić information content (AvgIpc) is 2.32. The lowest BCUT2D eigenvalue weighted by molar-refractivity contribution is -0.141. The molecule has 0 amide bonds. The van der Waals surface area contributed by atoms with E-state index in [0.29, 0.717) is 13.0 Å². The van der Waals surface area contributed by atoms with Crippen molar-refractivity contribution in [3.8, 4) is 0 Å². The van der Waals surface area contributed by atoms with Gasteiger partial charge in [0.2, 0.25) is 0 Å². The van der Waals surface area contributed by atoms with Crippen LogP contribution in [0.15, 0.2) is 12.2 Å². The van der Waals surface area contributed by atoms with Gasteiger partial charge in [0.15, 0.2) is 0 Å². The summed E-state index contributed by atoms with van der Waals surface area (Å²) >= 11 is 0. The third-order valence-electron chi connectivity index (χ3n) is 3.11. The first-order chi connectivity index (χ1) is 8.08. The van der Waals surface area contributed by atoms with Gasteiger partial charge in [-0.3, -0.25) is 0 Å². The number of unbranched alkanes of at least 4 members (excludes halogenated alkanes) is 2. The van der Waals surface area contributed by atoms with Gasteiger partial charge >= 0.3 is 5.97 Å². The Bertz CT molecular complexity index is 236. The molecule has 17 heavy (non-hydrogen) atoms. The molecule has 0 aliphatic carbocycles. The SMILES string of the molecule is CCCC/C=C/C(=O)OCC(C)(CC)CCO. The maximum Gasteiger partial charge on any atom is 0.330 e. The first-order valence-corrected chi connectivity index (χ1v) is 6.52. The highest BCUT2D eigenvalue weighted by molar-refractivity contribution is 5.81. The minimum Gasteiger partial charge on any atom is -0.462 e. The van der Waals surface area contributed by atoms with E-state index < -0.39 is 0 Å². The van der Waals surface area contributed by atoms with Crippen molar-refractivity contribution in [2.75, 3.05) is 13.2 Å². The van der Waals surface area contributed by atoms with Crippen LogP contribution < -0.4 is 0 Å². The van der Waals surface area contributed by atoms with E-state index in [1.807, 2.05) is 19.9 Å². The summed E-state index contributed by atoms with van der Waals surface area (Å²) in [6.07, 6.45) is 8.07. The molecular weight excluding hydrogens is 216 g/mol. The van der Waals surface area contributed by atoms with Gasteiger partial charge in [0.05, 0.1) is 6.61 Å². The second-order valence-electron chi connectivity index (χ2n) is 4.79. The highest BCUT2D eigenvalue weighted by atomic mass is 16.5. The van der Waals surface area contributed by atoms with Crippen LogP contribution in [0.1, 0.15) is 52.9 Å². The molecule has 1 unspecified atom stereocenters. The molecule has 0 saturated heterocycles. The highest BCUT2D eigenvalue weighted by Crippen LogP contribution is 2.25. The Morgan fingerprint density at radius 1 is 1.41 bits per heavy atom. The van der Waals surface area contributed by atoms with Gasteiger partial charge in [-0.15, -0.1) is 0 Å².